The second kappa shape index (κ2) is 5.85. The lowest BCUT2D eigenvalue weighted by atomic mass is 9.93. The topological polar surface area (TPSA) is 49.9 Å². The van der Waals surface area contributed by atoms with Gasteiger partial charge in [0.1, 0.15) is 0 Å². The van der Waals surface area contributed by atoms with Crippen molar-refractivity contribution in [2.45, 2.75) is 46.8 Å². The molecule has 2 N–H and O–H groups in total. The number of nitrogens with zero attached hydrogens (tertiary/aromatic N) is 1. The molecule has 2 rings (SSSR count). The van der Waals surface area contributed by atoms with Gasteiger partial charge in [0.15, 0.2) is 0 Å². The zero-order chi connectivity index (χ0) is 13.1. The first-order valence-corrected chi connectivity index (χ1v) is 6.92. The Labute approximate surface area is 110 Å². The molecule has 1 aromatic rings. The Morgan fingerprint density at radius 3 is 2.83 bits per heavy atom. The zero-order valence-electron chi connectivity index (χ0n) is 11.9. The van der Waals surface area contributed by atoms with Crippen molar-refractivity contribution in [2.24, 2.45) is 11.8 Å². The van der Waals surface area contributed by atoms with Crippen molar-refractivity contribution in [1.82, 2.24) is 15.5 Å². The Morgan fingerprint density at radius 1 is 1.44 bits per heavy atom. The molecule has 4 heteroatoms. The number of hydrogen-bond donors (Lipinski definition) is 2. The second-order valence-electron chi connectivity index (χ2n) is 5.67. The van der Waals surface area contributed by atoms with E-state index in [1.54, 1.807) is 0 Å². The number of H-pyrrole nitrogens is 1. The molecule has 0 saturated carbocycles. The minimum absolute atomic E-state index is 0.420. The van der Waals surface area contributed by atoms with E-state index in [1.165, 1.54) is 17.7 Å². The highest BCUT2D eigenvalue weighted by Gasteiger charge is 2.30. The first kappa shape index (κ1) is 13.6. The molecule has 0 unspecified atom stereocenters. The molecule has 2 heterocycles. The van der Waals surface area contributed by atoms with Gasteiger partial charge in [-0.1, -0.05) is 13.8 Å². The molecule has 1 fully saturated rings. The van der Waals surface area contributed by atoms with E-state index in [4.69, 9.17) is 4.74 Å². The first-order valence-electron chi connectivity index (χ1n) is 6.92. The summed E-state index contributed by atoms with van der Waals surface area (Å²) < 4.78 is 5.80. The normalized spacial score (nSPS) is 24.1. The number of aromatic nitrogens is 2. The van der Waals surface area contributed by atoms with E-state index < -0.39 is 0 Å². The van der Waals surface area contributed by atoms with Crippen molar-refractivity contribution in [3.63, 3.8) is 0 Å². The molecule has 0 aromatic carbocycles. The molecule has 0 bridgehead atoms. The van der Waals surface area contributed by atoms with E-state index >= 15 is 0 Å². The monoisotopic (exact) mass is 251 g/mol. The van der Waals surface area contributed by atoms with Gasteiger partial charge in [0.25, 0.3) is 0 Å². The summed E-state index contributed by atoms with van der Waals surface area (Å²) in [5, 5.41) is 10.8. The highest BCUT2D eigenvalue weighted by Crippen LogP contribution is 2.26. The minimum Gasteiger partial charge on any atom is -0.378 e. The quantitative estimate of drug-likeness (QED) is 0.843. The fourth-order valence-electron chi connectivity index (χ4n) is 2.83. The predicted molar refractivity (Wildman–Crippen MR) is 72.5 cm³/mol. The Balaban J connectivity index is 1.82. The number of hydrogen-bond acceptors (Lipinski definition) is 3. The van der Waals surface area contributed by atoms with Gasteiger partial charge in [-0.05, 0) is 32.1 Å². The zero-order valence-corrected chi connectivity index (χ0v) is 11.9. The van der Waals surface area contributed by atoms with Crippen LogP contribution < -0.4 is 5.32 Å². The van der Waals surface area contributed by atoms with Crippen molar-refractivity contribution in [3.8, 4) is 0 Å². The molecule has 18 heavy (non-hydrogen) atoms. The van der Waals surface area contributed by atoms with Crippen LogP contribution in [0.5, 0.6) is 0 Å². The second-order valence-corrected chi connectivity index (χ2v) is 5.67. The summed E-state index contributed by atoms with van der Waals surface area (Å²) in [5.74, 6) is 1.26. The molecule has 0 spiro atoms. The lowest BCUT2D eigenvalue weighted by Gasteiger charge is -2.22. The average molecular weight is 251 g/mol. The van der Waals surface area contributed by atoms with Gasteiger partial charge < -0.3 is 10.1 Å². The van der Waals surface area contributed by atoms with Gasteiger partial charge >= 0.3 is 0 Å². The Kier molecular flexibility index (Phi) is 4.40. The summed E-state index contributed by atoms with van der Waals surface area (Å²) in [4.78, 5) is 0. The lowest BCUT2D eigenvalue weighted by molar-refractivity contribution is 0.0539. The highest BCUT2D eigenvalue weighted by atomic mass is 16.5. The SMILES string of the molecule is Cc1n[nH]c(C)c1CNC[C@H]1CCO[C@@H]1C(C)C. The van der Waals surface area contributed by atoms with Gasteiger partial charge in [0.05, 0.1) is 11.8 Å². The number of ether oxygens (including phenoxy) is 1. The van der Waals surface area contributed by atoms with E-state index in [0.717, 1.165) is 25.4 Å². The molecule has 4 nitrogen and oxygen atoms in total. The molecule has 102 valence electrons. The van der Waals surface area contributed by atoms with Gasteiger partial charge in [-0.25, -0.2) is 0 Å². The maximum absolute atomic E-state index is 5.80. The third-order valence-electron chi connectivity index (χ3n) is 3.91. The van der Waals surface area contributed by atoms with Crippen LogP contribution in [0.4, 0.5) is 0 Å². The summed E-state index contributed by atoms with van der Waals surface area (Å²) >= 11 is 0. The van der Waals surface area contributed by atoms with Crippen LogP contribution in [-0.4, -0.2) is 29.5 Å². The fourth-order valence-corrected chi connectivity index (χ4v) is 2.83. The molecule has 2 atom stereocenters. The molecule has 0 amide bonds. The fraction of sp³-hybridized carbons (Fsp3) is 0.786. The largest absolute Gasteiger partial charge is 0.378 e. The number of nitrogens with one attached hydrogen (secondary N) is 2. The van der Waals surface area contributed by atoms with Crippen molar-refractivity contribution < 1.29 is 4.74 Å². The summed E-state index contributed by atoms with van der Waals surface area (Å²) in [6.45, 7) is 11.5. The van der Waals surface area contributed by atoms with Crippen LogP contribution in [0.2, 0.25) is 0 Å². The van der Waals surface area contributed by atoms with Crippen LogP contribution in [-0.2, 0) is 11.3 Å². The predicted octanol–water partition coefficient (Wildman–Crippen LogP) is 2.18. The highest BCUT2D eigenvalue weighted by molar-refractivity contribution is 5.22. The molecule has 1 saturated heterocycles. The van der Waals surface area contributed by atoms with Crippen LogP contribution in [0.3, 0.4) is 0 Å². The van der Waals surface area contributed by atoms with Crippen molar-refractivity contribution in [2.75, 3.05) is 13.2 Å². The van der Waals surface area contributed by atoms with Gasteiger partial charge in [-0.3, -0.25) is 5.10 Å². The van der Waals surface area contributed by atoms with Crippen LogP contribution in [0, 0.1) is 25.7 Å². The Morgan fingerprint density at radius 2 is 2.22 bits per heavy atom. The summed E-state index contributed by atoms with van der Waals surface area (Å²) in [5.41, 5.74) is 3.57. The maximum atomic E-state index is 5.80. The molecule has 0 radical (unpaired) electrons. The number of rotatable bonds is 5. The number of aromatic amines is 1. The summed E-state index contributed by atoms with van der Waals surface area (Å²) in [6.07, 6.45) is 1.60. The van der Waals surface area contributed by atoms with E-state index in [1.807, 2.05) is 0 Å². The molecular formula is C14H25N3O. The van der Waals surface area contributed by atoms with Crippen molar-refractivity contribution in [1.29, 1.82) is 0 Å². The minimum atomic E-state index is 0.420. The van der Waals surface area contributed by atoms with Gasteiger partial charge in [0.2, 0.25) is 0 Å². The average Bonchev–Trinajstić information content (AvgIpc) is 2.90. The van der Waals surface area contributed by atoms with E-state index in [-0.39, 0.29) is 0 Å². The third kappa shape index (κ3) is 2.93. The third-order valence-corrected chi connectivity index (χ3v) is 3.91. The summed E-state index contributed by atoms with van der Waals surface area (Å²) in [7, 11) is 0. The van der Waals surface area contributed by atoms with Gasteiger partial charge in [0, 0.05) is 31.0 Å². The van der Waals surface area contributed by atoms with Gasteiger partial charge in [-0.2, -0.15) is 5.10 Å². The standard InChI is InChI=1S/C14H25N3O/c1-9(2)14-12(5-6-18-14)7-15-8-13-10(3)16-17-11(13)4/h9,12,14-15H,5-8H2,1-4H3,(H,16,17)/t12-,14-/m1/s1. The Hall–Kier alpha value is -0.870. The number of aryl methyl sites for hydroxylation is 2. The molecule has 0 aliphatic carbocycles. The maximum Gasteiger partial charge on any atom is 0.0639 e. The van der Waals surface area contributed by atoms with Crippen LogP contribution >= 0.6 is 0 Å². The van der Waals surface area contributed by atoms with E-state index in [9.17, 15) is 0 Å². The Bertz CT molecular complexity index is 367. The van der Waals surface area contributed by atoms with E-state index in [0.29, 0.717) is 17.9 Å². The van der Waals surface area contributed by atoms with Crippen LogP contribution in [0.1, 0.15) is 37.2 Å². The molecule has 1 aliphatic rings. The molecular weight excluding hydrogens is 226 g/mol. The smallest absolute Gasteiger partial charge is 0.0639 e. The van der Waals surface area contributed by atoms with Crippen LogP contribution in [0.15, 0.2) is 0 Å². The molecule has 1 aromatic heterocycles. The van der Waals surface area contributed by atoms with E-state index in [2.05, 4.69) is 43.2 Å². The summed E-state index contributed by atoms with van der Waals surface area (Å²) in [6, 6.07) is 0. The van der Waals surface area contributed by atoms with Gasteiger partial charge in [-0.15, -0.1) is 0 Å². The van der Waals surface area contributed by atoms with Crippen molar-refractivity contribution in [3.05, 3.63) is 17.0 Å². The van der Waals surface area contributed by atoms with Crippen LogP contribution in [0.25, 0.3) is 0 Å². The first-order chi connectivity index (χ1) is 8.59. The van der Waals surface area contributed by atoms with Crippen molar-refractivity contribution >= 4 is 0 Å². The molecule has 1 aliphatic heterocycles. The lowest BCUT2D eigenvalue weighted by Crippen LogP contribution is -2.31.